The summed E-state index contributed by atoms with van der Waals surface area (Å²) in [7, 11) is 0. The van der Waals surface area contributed by atoms with Gasteiger partial charge in [-0.25, -0.2) is 4.79 Å². The summed E-state index contributed by atoms with van der Waals surface area (Å²) >= 11 is 0. The number of esters is 1. The van der Waals surface area contributed by atoms with Crippen molar-refractivity contribution in [2.45, 2.75) is 82.3 Å². The number of likely N-dealkylation sites (tertiary alicyclic amines) is 1. The molecule has 3 aliphatic rings. The molecule has 2 saturated heterocycles. The summed E-state index contributed by atoms with van der Waals surface area (Å²) in [6.45, 7) is 9.13. The minimum Gasteiger partial charge on any atom is -0.458 e. The lowest BCUT2D eigenvalue weighted by Crippen LogP contribution is -2.65. The molecule has 39 heavy (non-hydrogen) atoms. The Morgan fingerprint density at radius 1 is 1.15 bits per heavy atom. The van der Waals surface area contributed by atoms with Crippen LogP contribution in [0, 0.1) is 0 Å². The predicted molar refractivity (Wildman–Crippen MR) is 135 cm³/mol. The van der Waals surface area contributed by atoms with Crippen LogP contribution in [-0.2, 0) is 36.5 Å². The molecule has 1 spiro atoms. The first-order valence-electron chi connectivity index (χ1n) is 13.1. The number of nitrogens with zero attached hydrogens (tertiary/aromatic N) is 3. The molecule has 3 fully saturated rings. The van der Waals surface area contributed by atoms with Gasteiger partial charge in [-0.2, -0.15) is 13.2 Å². The number of carbonyl (C=O) groups excluding carboxylic acids is 4. The summed E-state index contributed by atoms with van der Waals surface area (Å²) < 4.78 is 45.8. The van der Waals surface area contributed by atoms with E-state index in [4.69, 9.17) is 4.74 Å². The van der Waals surface area contributed by atoms with Crippen LogP contribution in [0.3, 0.4) is 0 Å². The Morgan fingerprint density at radius 2 is 1.85 bits per heavy atom. The van der Waals surface area contributed by atoms with Crippen molar-refractivity contribution in [3.05, 3.63) is 48.0 Å². The van der Waals surface area contributed by atoms with Crippen molar-refractivity contribution >= 4 is 23.7 Å². The summed E-state index contributed by atoms with van der Waals surface area (Å²) in [4.78, 5) is 57.5. The Kier molecular flexibility index (Phi) is 7.57. The molecule has 2 atom stereocenters. The van der Waals surface area contributed by atoms with Crippen molar-refractivity contribution in [3.8, 4) is 0 Å². The van der Waals surface area contributed by atoms with Gasteiger partial charge in [0.1, 0.15) is 23.2 Å². The molecule has 0 N–H and O–H groups in total. The van der Waals surface area contributed by atoms with E-state index < -0.39 is 52.7 Å². The van der Waals surface area contributed by atoms with Crippen molar-refractivity contribution in [2.75, 3.05) is 19.6 Å². The van der Waals surface area contributed by atoms with Crippen LogP contribution in [0.2, 0.25) is 0 Å². The summed E-state index contributed by atoms with van der Waals surface area (Å²) in [6.07, 6.45) is -1.81. The van der Waals surface area contributed by atoms with Crippen LogP contribution in [0.5, 0.6) is 0 Å². The van der Waals surface area contributed by atoms with Gasteiger partial charge in [0, 0.05) is 26.1 Å². The van der Waals surface area contributed by atoms with Crippen LogP contribution in [0.1, 0.15) is 57.6 Å². The van der Waals surface area contributed by atoms with Crippen LogP contribution in [0.4, 0.5) is 13.2 Å². The molecule has 0 radical (unpaired) electrons. The zero-order valence-corrected chi connectivity index (χ0v) is 22.4. The number of rotatable bonds is 6. The average molecular weight is 550 g/mol. The molecule has 8 nitrogen and oxygen atoms in total. The molecule has 0 bridgehead atoms. The molecular weight excluding hydrogens is 515 g/mol. The molecule has 0 aromatic heterocycles. The van der Waals surface area contributed by atoms with Gasteiger partial charge >= 0.3 is 12.1 Å². The lowest BCUT2D eigenvalue weighted by atomic mass is 9.98. The number of ether oxygens (including phenoxy) is 1. The average Bonchev–Trinajstić information content (AvgIpc) is 3.48. The minimum absolute atomic E-state index is 0.0282. The highest BCUT2D eigenvalue weighted by molar-refractivity contribution is 6.00. The molecule has 1 aromatic rings. The lowest BCUT2D eigenvalue weighted by molar-refractivity contribution is -0.166. The van der Waals surface area contributed by atoms with Crippen LogP contribution >= 0.6 is 0 Å². The van der Waals surface area contributed by atoms with Gasteiger partial charge in [-0.15, -0.1) is 0 Å². The molecule has 1 saturated carbocycles. The van der Waals surface area contributed by atoms with Gasteiger partial charge in [-0.05, 0) is 64.2 Å². The Labute approximate surface area is 225 Å². The highest BCUT2D eigenvalue weighted by Gasteiger charge is 2.61. The Hall–Kier alpha value is -3.37. The highest BCUT2D eigenvalue weighted by atomic mass is 19.4. The van der Waals surface area contributed by atoms with Crippen molar-refractivity contribution in [3.63, 3.8) is 0 Å². The van der Waals surface area contributed by atoms with Crippen LogP contribution in [0.25, 0.3) is 0 Å². The van der Waals surface area contributed by atoms with E-state index in [1.807, 2.05) is 0 Å². The maximum Gasteiger partial charge on any atom is 0.416 e. The smallest absolute Gasteiger partial charge is 0.416 e. The largest absolute Gasteiger partial charge is 0.458 e. The summed E-state index contributed by atoms with van der Waals surface area (Å²) in [5, 5.41) is 0. The topological polar surface area (TPSA) is 87.2 Å². The fourth-order valence-corrected chi connectivity index (χ4v) is 5.50. The number of hydrogen-bond acceptors (Lipinski definition) is 5. The van der Waals surface area contributed by atoms with E-state index >= 15 is 0 Å². The molecule has 4 rings (SSSR count). The molecule has 212 valence electrons. The number of carbonyl (C=O) groups is 4. The van der Waals surface area contributed by atoms with E-state index in [1.54, 1.807) is 20.8 Å². The zero-order valence-electron chi connectivity index (χ0n) is 22.4. The third-order valence-corrected chi connectivity index (χ3v) is 7.46. The fraction of sp³-hybridized carbons (Fsp3) is 0.571. The second kappa shape index (κ2) is 10.3. The summed E-state index contributed by atoms with van der Waals surface area (Å²) in [6, 6.07) is 2.68. The number of hydrogen-bond donors (Lipinski definition) is 0. The maximum absolute atomic E-state index is 14.1. The van der Waals surface area contributed by atoms with Crippen molar-refractivity contribution in [1.82, 2.24) is 14.7 Å². The predicted octanol–water partition coefficient (Wildman–Crippen LogP) is 3.34. The number of alkyl halides is 3. The van der Waals surface area contributed by atoms with Crippen molar-refractivity contribution in [1.29, 1.82) is 0 Å². The second-order valence-corrected chi connectivity index (χ2v) is 11.4. The van der Waals surface area contributed by atoms with Gasteiger partial charge in [0.15, 0.2) is 0 Å². The highest BCUT2D eigenvalue weighted by Crippen LogP contribution is 2.46. The number of benzene rings is 1. The van der Waals surface area contributed by atoms with E-state index in [9.17, 15) is 32.3 Å². The Morgan fingerprint density at radius 3 is 2.44 bits per heavy atom. The maximum atomic E-state index is 14.1. The molecular formula is C28H34F3N3O5. The monoisotopic (exact) mass is 549 g/mol. The first-order chi connectivity index (χ1) is 18.2. The van der Waals surface area contributed by atoms with E-state index in [0.29, 0.717) is 25.7 Å². The molecule has 1 aromatic carbocycles. The first kappa shape index (κ1) is 28.6. The van der Waals surface area contributed by atoms with Crippen molar-refractivity contribution in [2.24, 2.45) is 0 Å². The van der Waals surface area contributed by atoms with E-state index in [2.05, 4.69) is 6.58 Å². The minimum atomic E-state index is -4.57. The second-order valence-electron chi connectivity index (χ2n) is 11.4. The van der Waals surface area contributed by atoms with Crippen LogP contribution in [0.15, 0.2) is 36.9 Å². The fourth-order valence-electron chi connectivity index (χ4n) is 5.50. The summed E-state index contributed by atoms with van der Waals surface area (Å²) in [5.74, 6) is -1.88. The Bertz CT molecular complexity index is 1170. The molecule has 0 unspecified atom stereocenters. The third kappa shape index (κ3) is 5.81. The standard InChI is InChI=1S/C28H34F3N3O5/c1-5-22(35)34-15-14-33(25(38)27(34)11-12-27)21(17-18-8-6-9-19(16-18)28(29,30)31)23(36)32-13-7-10-20(32)24(37)39-26(2,3)4/h5-6,8-9,16,20-21H,1,7,10-15,17H2,2-4H3/t20-,21-/m0/s1. The number of piperazine rings is 1. The Balaban J connectivity index is 1.67. The van der Waals surface area contributed by atoms with Crippen molar-refractivity contribution < 1.29 is 37.1 Å². The van der Waals surface area contributed by atoms with E-state index in [-0.39, 0.29) is 37.5 Å². The molecule has 2 heterocycles. The first-order valence-corrected chi connectivity index (χ1v) is 13.1. The molecule has 11 heteroatoms. The number of amides is 3. The lowest BCUT2D eigenvalue weighted by Gasteiger charge is -2.44. The quantitative estimate of drug-likeness (QED) is 0.401. The van der Waals surface area contributed by atoms with E-state index in [0.717, 1.165) is 18.2 Å². The van der Waals surface area contributed by atoms with Gasteiger partial charge in [0.2, 0.25) is 17.7 Å². The van der Waals surface area contributed by atoms with Gasteiger partial charge in [-0.1, -0.05) is 24.8 Å². The zero-order chi connectivity index (χ0) is 28.8. The molecule has 1 aliphatic carbocycles. The molecule has 2 aliphatic heterocycles. The molecule has 3 amide bonds. The normalized spacial score (nSPS) is 21.6. The SMILES string of the molecule is C=CC(=O)N1CCN([C@@H](Cc2cccc(C(F)(F)F)c2)C(=O)N2CCC[C@H]2C(=O)OC(C)(C)C)C(=O)C12CC2. The van der Waals surface area contributed by atoms with Gasteiger partial charge in [-0.3, -0.25) is 14.4 Å². The van der Waals surface area contributed by atoms with Crippen LogP contribution in [-0.4, -0.2) is 81.2 Å². The van der Waals surface area contributed by atoms with Gasteiger partial charge in [0.05, 0.1) is 5.56 Å². The van der Waals surface area contributed by atoms with Gasteiger partial charge in [0.25, 0.3) is 0 Å². The third-order valence-electron chi connectivity index (χ3n) is 7.46. The van der Waals surface area contributed by atoms with E-state index in [1.165, 1.54) is 26.8 Å². The van der Waals surface area contributed by atoms with Crippen LogP contribution < -0.4 is 0 Å². The summed E-state index contributed by atoms with van der Waals surface area (Å²) in [5.41, 5.74) is -2.47. The number of halogens is 3. The van der Waals surface area contributed by atoms with Gasteiger partial charge < -0.3 is 19.4 Å².